The lowest BCUT2D eigenvalue weighted by molar-refractivity contribution is -0.114. The van der Waals surface area contributed by atoms with E-state index in [0.717, 1.165) is 64.1 Å². The van der Waals surface area contributed by atoms with Crippen LogP contribution in [0.15, 0.2) is 188 Å². The van der Waals surface area contributed by atoms with Gasteiger partial charge in [0.25, 0.3) is 0 Å². The second-order valence-corrected chi connectivity index (χ2v) is 19.3. The molecule has 9 rings (SSSR count). The Morgan fingerprint density at radius 3 is 1.38 bits per heavy atom. The van der Waals surface area contributed by atoms with E-state index in [1.165, 1.54) is 5.56 Å². The van der Waals surface area contributed by atoms with E-state index in [1.807, 2.05) is 140 Å². The minimum Gasteiger partial charge on any atom is -0.493 e. The second-order valence-electron chi connectivity index (χ2n) is 18.5. The maximum atomic E-state index is 12.6. The summed E-state index contributed by atoms with van der Waals surface area (Å²) in [6.45, 7) is 2.63. The van der Waals surface area contributed by atoms with Gasteiger partial charge in [-0.3, -0.25) is 4.79 Å². The fourth-order valence-electron chi connectivity index (χ4n) is 8.81. The van der Waals surface area contributed by atoms with Crippen molar-refractivity contribution in [1.29, 1.82) is 0 Å². The molecule has 0 saturated carbocycles. The van der Waals surface area contributed by atoms with Gasteiger partial charge < -0.3 is 43.2 Å². The molecule has 1 aliphatic rings. The molecule has 1 N–H and O–H groups in total. The van der Waals surface area contributed by atoms with Crippen molar-refractivity contribution < 1.29 is 42.7 Å². The average molecular weight is 1100 g/mol. The van der Waals surface area contributed by atoms with Crippen molar-refractivity contribution in [3.05, 3.63) is 248 Å². The molecule has 1 atom stereocenters. The molecule has 406 valence electrons. The third kappa shape index (κ3) is 16.7. The van der Waals surface area contributed by atoms with Crippen LogP contribution in [0.5, 0.6) is 46.0 Å². The molecule has 0 fully saturated rings. The topological polar surface area (TPSA) is 103 Å². The summed E-state index contributed by atoms with van der Waals surface area (Å²) >= 11 is 13.1. The first-order valence-corrected chi connectivity index (χ1v) is 26.9. The van der Waals surface area contributed by atoms with Crippen molar-refractivity contribution in [2.75, 3.05) is 35.0 Å². The van der Waals surface area contributed by atoms with Crippen LogP contribution in [0.4, 0.5) is 0 Å². The molecule has 8 aromatic carbocycles. The van der Waals surface area contributed by atoms with Crippen molar-refractivity contribution in [2.24, 2.45) is 0 Å². The van der Waals surface area contributed by atoms with Crippen molar-refractivity contribution in [3.63, 3.8) is 0 Å². The molecule has 0 bridgehead atoms. The van der Waals surface area contributed by atoms with Gasteiger partial charge in [-0.2, -0.15) is 0 Å². The van der Waals surface area contributed by atoms with Gasteiger partial charge in [0.05, 0.1) is 44.5 Å². The van der Waals surface area contributed by atoms with Crippen molar-refractivity contribution in [3.8, 4) is 46.0 Å². The molecule has 1 heterocycles. The number of hydrogen-bond acceptors (Lipinski definition) is 10. The number of aryl methyl sites for hydroxylation is 1. The predicted molar refractivity (Wildman–Crippen MR) is 316 cm³/mol. The van der Waals surface area contributed by atoms with E-state index in [4.69, 9.17) is 61.1 Å². The maximum Gasteiger partial charge on any atom is 0.162 e. The molecule has 0 radical (unpaired) electrons. The molecule has 79 heavy (non-hydrogen) atoms. The number of rotatable bonds is 24. The Morgan fingerprint density at radius 1 is 0.481 bits per heavy atom. The molecular weight excluding hydrogens is 1030 g/mol. The van der Waals surface area contributed by atoms with Gasteiger partial charge in [0.1, 0.15) is 26.4 Å². The molecule has 8 aromatic rings. The number of ether oxygens (including phenoxy) is 8. The number of allylic oxidation sites excluding steroid dienone is 1. The average Bonchev–Trinajstić information content (AvgIpc) is 3.52. The summed E-state index contributed by atoms with van der Waals surface area (Å²) in [6.07, 6.45) is 10.2. The summed E-state index contributed by atoms with van der Waals surface area (Å²) in [6, 6.07) is 57.3. The summed E-state index contributed by atoms with van der Waals surface area (Å²) in [4.78, 5) is 12.6. The summed E-state index contributed by atoms with van der Waals surface area (Å²) in [5.74, 6) is 5.20. The standard InChI is InChI=1S/C34H33ClO5.C33H32ClNO4/c1-37-31-19-16-25(20-33(31)39-23-26-10-5-3-6-11-26)14-9-15-29(36)18-17-28-21-34(32(38-2)22-30(28)35)40-24-27-12-7-4-8-13-27;1-36-30-19-27-25(17-32(30)38-21-23-9-5-3-6-10-23)15-16-35-29(27)14-13-26-18-33(31(37-2)20-28(26)34)39-22-24-11-7-4-8-12-24/h3-8,10-13,16-22H,9,14-15,23-24H2,1-2H3;3-14,17-20,29,35H,15-16,21-22H2,1-2H3/b18-17+;14-13+. The molecule has 1 unspecified atom stereocenters. The van der Waals surface area contributed by atoms with E-state index in [2.05, 4.69) is 35.7 Å². The summed E-state index contributed by atoms with van der Waals surface area (Å²) in [7, 11) is 6.49. The van der Waals surface area contributed by atoms with Crippen LogP contribution in [0.1, 0.15) is 69.0 Å². The Morgan fingerprint density at radius 2 is 0.911 bits per heavy atom. The van der Waals surface area contributed by atoms with Gasteiger partial charge in [0, 0.05) is 25.1 Å². The smallest absolute Gasteiger partial charge is 0.162 e. The predicted octanol–water partition coefficient (Wildman–Crippen LogP) is 15.5. The number of ketones is 1. The van der Waals surface area contributed by atoms with E-state index in [9.17, 15) is 4.79 Å². The first-order valence-electron chi connectivity index (χ1n) is 26.1. The molecule has 0 saturated heterocycles. The number of hydrogen-bond donors (Lipinski definition) is 1. The molecular formula is C67H65Cl2NO9. The van der Waals surface area contributed by atoms with Crippen LogP contribution in [-0.4, -0.2) is 40.8 Å². The summed E-state index contributed by atoms with van der Waals surface area (Å²) in [5, 5.41) is 4.67. The molecule has 10 nitrogen and oxygen atoms in total. The molecule has 0 spiro atoms. The van der Waals surface area contributed by atoms with Crippen molar-refractivity contribution in [2.45, 2.75) is 58.2 Å². The number of nitrogens with one attached hydrogen (secondary N) is 1. The lowest BCUT2D eigenvalue weighted by Crippen LogP contribution is -2.28. The highest BCUT2D eigenvalue weighted by Gasteiger charge is 2.22. The second kappa shape index (κ2) is 29.6. The van der Waals surface area contributed by atoms with Gasteiger partial charge in [-0.1, -0.05) is 163 Å². The largest absolute Gasteiger partial charge is 0.493 e. The highest BCUT2D eigenvalue weighted by atomic mass is 35.5. The minimum atomic E-state index is -0.00215. The van der Waals surface area contributed by atoms with Gasteiger partial charge in [0.2, 0.25) is 0 Å². The van der Waals surface area contributed by atoms with Crippen molar-refractivity contribution in [1.82, 2.24) is 5.32 Å². The number of carbonyl (C=O) groups is 1. The fourth-order valence-corrected chi connectivity index (χ4v) is 9.24. The maximum absolute atomic E-state index is 12.6. The summed E-state index contributed by atoms with van der Waals surface area (Å²) < 4.78 is 46.4. The van der Waals surface area contributed by atoms with E-state index < -0.39 is 0 Å². The Kier molecular flexibility index (Phi) is 21.3. The van der Waals surface area contributed by atoms with Gasteiger partial charge in [-0.25, -0.2) is 0 Å². The van der Waals surface area contributed by atoms with Crippen LogP contribution in [0.3, 0.4) is 0 Å². The number of carbonyl (C=O) groups excluding carboxylic acids is 1. The molecule has 1 aliphatic heterocycles. The van der Waals surface area contributed by atoms with E-state index in [-0.39, 0.29) is 11.8 Å². The first-order chi connectivity index (χ1) is 38.7. The minimum absolute atomic E-state index is 0.00215. The number of halogens is 2. The quantitative estimate of drug-likeness (QED) is 0.0589. The molecule has 0 aliphatic carbocycles. The Labute approximate surface area is 474 Å². The number of fused-ring (bicyclic) bond motifs is 1. The van der Waals surface area contributed by atoms with Gasteiger partial charge >= 0.3 is 0 Å². The lowest BCUT2D eigenvalue weighted by atomic mass is 9.93. The van der Waals surface area contributed by atoms with E-state index in [1.54, 1.807) is 58.8 Å². The van der Waals surface area contributed by atoms with E-state index in [0.29, 0.717) is 95.1 Å². The fraction of sp³-hybridized carbons (Fsp3) is 0.209. The molecule has 0 aromatic heterocycles. The van der Waals surface area contributed by atoms with Crippen LogP contribution in [0.25, 0.3) is 12.2 Å². The van der Waals surface area contributed by atoms with Gasteiger partial charge in [0.15, 0.2) is 51.8 Å². The third-order valence-electron chi connectivity index (χ3n) is 13.1. The van der Waals surface area contributed by atoms with Crippen molar-refractivity contribution >= 4 is 41.1 Å². The first kappa shape index (κ1) is 57.0. The monoisotopic (exact) mass is 1100 g/mol. The van der Waals surface area contributed by atoms with Gasteiger partial charge in [-0.15, -0.1) is 0 Å². The zero-order valence-electron chi connectivity index (χ0n) is 44.9. The Hall–Kier alpha value is -8.15. The number of methoxy groups -OCH3 is 4. The SMILES string of the molecule is COc1cc(Cl)c(/C=C/C2NCCc3cc(OCc4ccccc4)c(OC)cc32)cc1OCc1ccccc1.COc1ccc(CCCC(=O)/C=C/c2cc(OCc3ccccc3)c(OC)cc2Cl)cc1OCc1ccccc1. The third-order valence-corrected chi connectivity index (χ3v) is 13.7. The lowest BCUT2D eigenvalue weighted by Gasteiger charge is -2.26. The number of benzene rings is 8. The van der Waals surface area contributed by atoms with Crippen LogP contribution in [0.2, 0.25) is 10.0 Å². The van der Waals surface area contributed by atoms with E-state index >= 15 is 0 Å². The highest BCUT2D eigenvalue weighted by molar-refractivity contribution is 6.32. The Bertz CT molecular complexity index is 3280. The molecule has 12 heteroatoms. The van der Waals surface area contributed by atoms with Crippen LogP contribution in [-0.2, 0) is 44.1 Å². The van der Waals surface area contributed by atoms with Crippen LogP contribution in [0, 0.1) is 0 Å². The van der Waals surface area contributed by atoms with Gasteiger partial charge in [-0.05, 0) is 118 Å². The normalized spacial score (nSPS) is 12.7. The van der Waals surface area contributed by atoms with Crippen LogP contribution >= 0.6 is 23.2 Å². The summed E-state index contributed by atoms with van der Waals surface area (Å²) in [5.41, 5.74) is 9.33. The zero-order chi connectivity index (χ0) is 55.2. The zero-order valence-corrected chi connectivity index (χ0v) is 46.4. The van der Waals surface area contributed by atoms with Crippen LogP contribution < -0.4 is 43.2 Å². The molecule has 0 amide bonds. The highest BCUT2D eigenvalue weighted by Crippen LogP contribution is 2.39. The Balaban J connectivity index is 0.000000208.